The third-order valence-corrected chi connectivity index (χ3v) is 8.05. The third kappa shape index (κ3) is 8.61. The largest absolute Gasteiger partial charge is 0.353 e. The molecule has 2 fully saturated rings. The molecule has 1 saturated heterocycles. The quantitative estimate of drug-likeness (QED) is 0.308. The highest BCUT2D eigenvalue weighted by Gasteiger charge is 2.31. The second-order valence-electron chi connectivity index (χ2n) is 10.5. The molecule has 0 spiro atoms. The lowest BCUT2D eigenvalue weighted by molar-refractivity contribution is -0.116. The summed E-state index contributed by atoms with van der Waals surface area (Å²) in [7, 11) is 0. The summed E-state index contributed by atoms with van der Waals surface area (Å²) in [5.41, 5.74) is 2.45. The number of hydrogen-bond donors (Lipinski definition) is 1. The van der Waals surface area contributed by atoms with Crippen molar-refractivity contribution in [3.8, 4) is 0 Å². The Morgan fingerprint density at radius 2 is 1.80 bits per heavy atom. The van der Waals surface area contributed by atoms with E-state index < -0.39 is 0 Å². The SMILES string of the molecule is O=C(C=Cc1cccnc1)NCCCCC1CCN(C(Cc2ccccc2)C2CCCCC2)CC1. The Balaban J connectivity index is 1.15. The number of aromatic nitrogens is 1. The van der Waals surface area contributed by atoms with Crippen molar-refractivity contribution >= 4 is 12.0 Å². The summed E-state index contributed by atoms with van der Waals surface area (Å²) in [6.07, 6.45) is 21.4. The highest BCUT2D eigenvalue weighted by atomic mass is 16.1. The number of carbonyl (C=O) groups is 1. The number of hydrogen-bond acceptors (Lipinski definition) is 3. The topological polar surface area (TPSA) is 45.2 Å². The normalized spacial score (nSPS) is 19.1. The number of rotatable bonds is 11. The lowest BCUT2D eigenvalue weighted by Gasteiger charge is -2.42. The molecular formula is C31H43N3O. The highest BCUT2D eigenvalue weighted by Crippen LogP contribution is 2.33. The zero-order chi connectivity index (χ0) is 24.1. The van der Waals surface area contributed by atoms with E-state index in [1.807, 2.05) is 18.2 Å². The third-order valence-electron chi connectivity index (χ3n) is 8.05. The molecule has 1 atom stereocenters. The Labute approximate surface area is 212 Å². The van der Waals surface area contributed by atoms with Gasteiger partial charge in [0.05, 0.1) is 0 Å². The Morgan fingerprint density at radius 1 is 1.00 bits per heavy atom. The van der Waals surface area contributed by atoms with Crippen LogP contribution in [0.3, 0.4) is 0 Å². The number of likely N-dealkylation sites (tertiary alicyclic amines) is 1. The minimum atomic E-state index is -0.0191. The highest BCUT2D eigenvalue weighted by molar-refractivity contribution is 5.91. The zero-order valence-electron chi connectivity index (χ0n) is 21.3. The minimum absolute atomic E-state index is 0.0191. The predicted molar refractivity (Wildman–Crippen MR) is 145 cm³/mol. The fourth-order valence-electron chi connectivity index (χ4n) is 6.02. The summed E-state index contributed by atoms with van der Waals surface area (Å²) in [6, 6.07) is 15.7. The Kier molecular flexibility index (Phi) is 10.4. The molecule has 4 rings (SSSR count). The molecule has 0 bridgehead atoms. The molecule has 0 radical (unpaired) electrons. The first-order valence-corrected chi connectivity index (χ1v) is 13.9. The predicted octanol–water partition coefficient (Wildman–Crippen LogP) is 6.28. The lowest BCUT2D eigenvalue weighted by atomic mass is 9.79. The summed E-state index contributed by atoms with van der Waals surface area (Å²) in [5.74, 6) is 1.70. The molecule has 1 unspecified atom stereocenters. The number of amides is 1. The van der Waals surface area contributed by atoms with Crippen molar-refractivity contribution in [2.45, 2.75) is 76.7 Å². The van der Waals surface area contributed by atoms with E-state index in [0.29, 0.717) is 6.04 Å². The van der Waals surface area contributed by atoms with E-state index in [2.05, 4.69) is 45.5 Å². The summed E-state index contributed by atoms with van der Waals surface area (Å²) in [4.78, 5) is 18.9. The molecule has 1 aliphatic carbocycles. The van der Waals surface area contributed by atoms with Crippen molar-refractivity contribution in [1.29, 1.82) is 0 Å². The van der Waals surface area contributed by atoms with Crippen LogP contribution in [0.1, 0.15) is 75.3 Å². The summed E-state index contributed by atoms with van der Waals surface area (Å²) >= 11 is 0. The monoisotopic (exact) mass is 473 g/mol. The standard InChI is InChI=1S/C31H43N3O/c35-31(17-16-28-13-9-20-32-25-28)33-21-8-7-10-26-18-22-34(23-19-26)30(29-14-5-2-6-15-29)24-27-11-3-1-4-12-27/h1,3-4,9,11-13,16-17,20,25-26,29-30H,2,5-8,10,14-15,18-19,21-24H2,(H,33,35). The molecule has 1 aliphatic heterocycles. The average Bonchev–Trinajstić information content (AvgIpc) is 2.92. The van der Waals surface area contributed by atoms with E-state index in [9.17, 15) is 4.79 Å². The fraction of sp³-hybridized carbons (Fsp3) is 0.548. The maximum absolute atomic E-state index is 12.0. The van der Waals surface area contributed by atoms with Crippen LogP contribution >= 0.6 is 0 Å². The van der Waals surface area contributed by atoms with Gasteiger partial charge in [0.15, 0.2) is 0 Å². The van der Waals surface area contributed by atoms with Gasteiger partial charge in [0.25, 0.3) is 0 Å². The van der Waals surface area contributed by atoms with Crippen molar-refractivity contribution in [3.63, 3.8) is 0 Å². The molecule has 1 amide bonds. The van der Waals surface area contributed by atoms with Gasteiger partial charge < -0.3 is 5.32 Å². The fourth-order valence-corrected chi connectivity index (χ4v) is 6.02. The average molecular weight is 474 g/mol. The van der Waals surface area contributed by atoms with Crippen molar-refractivity contribution in [2.24, 2.45) is 11.8 Å². The summed E-state index contributed by atoms with van der Waals surface area (Å²) < 4.78 is 0. The summed E-state index contributed by atoms with van der Waals surface area (Å²) in [6.45, 7) is 3.28. The number of carbonyl (C=O) groups excluding carboxylic acids is 1. The van der Waals surface area contributed by atoms with Gasteiger partial charge in [-0.1, -0.05) is 68.5 Å². The number of benzene rings is 1. The number of nitrogens with zero attached hydrogens (tertiary/aromatic N) is 2. The van der Waals surface area contributed by atoms with Gasteiger partial charge in [0.2, 0.25) is 5.91 Å². The van der Waals surface area contributed by atoms with Crippen LogP contribution in [0.2, 0.25) is 0 Å². The van der Waals surface area contributed by atoms with Crippen LogP contribution in [-0.2, 0) is 11.2 Å². The number of unbranched alkanes of at least 4 members (excludes halogenated alkanes) is 1. The Hall–Kier alpha value is -2.46. The molecule has 4 heteroatoms. The van der Waals surface area contributed by atoms with Crippen molar-refractivity contribution in [2.75, 3.05) is 19.6 Å². The molecule has 188 valence electrons. The zero-order valence-corrected chi connectivity index (χ0v) is 21.3. The Morgan fingerprint density at radius 3 is 2.54 bits per heavy atom. The number of pyridine rings is 1. The first kappa shape index (κ1) is 25.6. The van der Waals surface area contributed by atoms with Gasteiger partial charge in [0.1, 0.15) is 0 Å². The molecular weight excluding hydrogens is 430 g/mol. The van der Waals surface area contributed by atoms with Gasteiger partial charge >= 0.3 is 0 Å². The van der Waals surface area contributed by atoms with Crippen LogP contribution < -0.4 is 5.32 Å². The van der Waals surface area contributed by atoms with Crippen LogP contribution in [-0.4, -0.2) is 41.5 Å². The van der Waals surface area contributed by atoms with E-state index in [1.165, 1.54) is 82.9 Å². The van der Waals surface area contributed by atoms with Crippen LogP contribution in [0.15, 0.2) is 60.9 Å². The van der Waals surface area contributed by atoms with E-state index in [1.54, 1.807) is 18.5 Å². The van der Waals surface area contributed by atoms with Gasteiger partial charge in [-0.2, -0.15) is 0 Å². The molecule has 2 heterocycles. The molecule has 2 aromatic rings. The Bertz CT molecular complexity index is 884. The van der Waals surface area contributed by atoms with Crippen LogP contribution in [0.4, 0.5) is 0 Å². The van der Waals surface area contributed by atoms with Crippen LogP contribution in [0.25, 0.3) is 6.08 Å². The van der Waals surface area contributed by atoms with Gasteiger partial charge in [0, 0.05) is 31.1 Å². The number of piperidine rings is 1. The molecule has 4 nitrogen and oxygen atoms in total. The van der Waals surface area contributed by atoms with Crippen molar-refractivity contribution in [3.05, 3.63) is 72.1 Å². The molecule has 1 aromatic heterocycles. The smallest absolute Gasteiger partial charge is 0.243 e. The van der Waals surface area contributed by atoms with Gasteiger partial charge in [-0.05, 0) is 86.7 Å². The van der Waals surface area contributed by atoms with E-state index in [4.69, 9.17) is 0 Å². The molecule has 1 saturated carbocycles. The maximum atomic E-state index is 12.0. The second-order valence-corrected chi connectivity index (χ2v) is 10.5. The molecule has 35 heavy (non-hydrogen) atoms. The molecule has 2 aliphatic rings. The first-order valence-electron chi connectivity index (χ1n) is 13.9. The van der Waals surface area contributed by atoms with E-state index in [-0.39, 0.29) is 5.91 Å². The van der Waals surface area contributed by atoms with Crippen molar-refractivity contribution in [1.82, 2.24) is 15.2 Å². The van der Waals surface area contributed by atoms with Gasteiger partial charge in [-0.15, -0.1) is 0 Å². The maximum Gasteiger partial charge on any atom is 0.243 e. The molecule has 1 N–H and O–H groups in total. The van der Waals surface area contributed by atoms with Gasteiger partial charge in [-0.25, -0.2) is 0 Å². The second kappa shape index (κ2) is 14.2. The van der Waals surface area contributed by atoms with E-state index >= 15 is 0 Å². The van der Waals surface area contributed by atoms with Gasteiger partial charge in [-0.3, -0.25) is 14.7 Å². The minimum Gasteiger partial charge on any atom is -0.353 e. The molecule has 1 aromatic carbocycles. The first-order chi connectivity index (χ1) is 17.3. The number of nitrogens with one attached hydrogen (secondary N) is 1. The lowest BCUT2D eigenvalue weighted by Crippen LogP contribution is -2.47. The summed E-state index contributed by atoms with van der Waals surface area (Å²) in [5, 5.41) is 3.02. The van der Waals surface area contributed by atoms with Crippen LogP contribution in [0.5, 0.6) is 0 Å². The van der Waals surface area contributed by atoms with E-state index in [0.717, 1.165) is 30.4 Å². The van der Waals surface area contributed by atoms with Crippen molar-refractivity contribution < 1.29 is 4.79 Å². The van der Waals surface area contributed by atoms with Crippen LogP contribution in [0, 0.1) is 11.8 Å².